The number of alkyl halides is 3. The average molecular weight is 301 g/mol. The van der Waals surface area contributed by atoms with Crippen molar-refractivity contribution in [2.45, 2.75) is 39.3 Å². The Morgan fingerprint density at radius 2 is 1.79 bits per heavy atom. The van der Waals surface area contributed by atoms with Gasteiger partial charge in [0.25, 0.3) is 0 Å². The minimum atomic E-state index is -4.75. The Balaban J connectivity index is 5.07. The number of halogens is 3. The predicted octanol–water partition coefficient (Wildman–Crippen LogP) is 2.47. The molecule has 0 heterocycles. The molecule has 0 aliphatic heterocycles. The van der Waals surface area contributed by atoms with E-state index < -0.39 is 34.4 Å². The first-order chi connectivity index (χ1) is 8.64. The van der Waals surface area contributed by atoms with E-state index in [0.29, 0.717) is 6.42 Å². The molecule has 0 aliphatic rings. The van der Waals surface area contributed by atoms with Crippen LogP contribution in [0.15, 0.2) is 12.2 Å². The Kier molecular flexibility index (Phi) is 7.10. The lowest BCUT2D eigenvalue weighted by Crippen LogP contribution is -2.43. The summed E-state index contributed by atoms with van der Waals surface area (Å²) in [6.45, 7) is 1.54. The molecule has 8 heteroatoms. The van der Waals surface area contributed by atoms with Gasteiger partial charge in [-0.15, -0.1) is 0 Å². The molecule has 0 atom stereocenters. The Morgan fingerprint density at radius 3 is 2.21 bits per heavy atom. The van der Waals surface area contributed by atoms with Crippen molar-refractivity contribution in [1.82, 2.24) is 4.31 Å². The zero-order valence-electron chi connectivity index (χ0n) is 10.9. The first-order valence-electron chi connectivity index (χ1n) is 5.89. The first-order valence-corrected chi connectivity index (χ1v) is 7.50. The smallest absolute Gasteiger partial charge is 0.273 e. The summed E-state index contributed by atoms with van der Waals surface area (Å²) in [5.41, 5.74) is 0. The summed E-state index contributed by atoms with van der Waals surface area (Å²) in [4.78, 5) is 11.6. The Labute approximate surface area is 111 Å². The van der Waals surface area contributed by atoms with Crippen LogP contribution in [0.2, 0.25) is 0 Å². The van der Waals surface area contributed by atoms with Crippen molar-refractivity contribution in [3.05, 3.63) is 12.2 Å². The van der Waals surface area contributed by atoms with Gasteiger partial charge in [0.15, 0.2) is 0 Å². The highest BCUT2D eigenvalue weighted by Crippen LogP contribution is 2.20. The summed E-state index contributed by atoms with van der Waals surface area (Å²) in [6.07, 6.45) is -1.37. The van der Waals surface area contributed by atoms with Crippen LogP contribution in [0.25, 0.3) is 0 Å². The van der Waals surface area contributed by atoms with Gasteiger partial charge in [0.2, 0.25) is 15.9 Å². The quantitative estimate of drug-likeness (QED) is 0.679. The van der Waals surface area contributed by atoms with Crippen molar-refractivity contribution in [3.63, 3.8) is 0 Å². The SMILES string of the molecule is CC/C=C/CC(=O)N(CC(F)(F)F)S(=O)(=O)CCC. The number of rotatable bonds is 7. The van der Waals surface area contributed by atoms with Crippen LogP contribution < -0.4 is 0 Å². The van der Waals surface area contributed by atoms with Crippen LogP contribution in [-0.2, 0) is 14.8 Å². The highest BCUT2D eigenvalue weighted by Gasteiger charge is 2.38. The third-order valence-corrected chi connectivity index (χ3v) is 4.02. The number of nitrogens with zero attached hydrogens (tertiary/aromatic N) is 1. The second-order valence-electron chi connectivity index (χ2n) is 3.92. The lowest BCUT2D eigenvalue weighted by molar-refractivity contribution is -0.150. The summed E-state index contributed by atoms with van der Waals surface area (Å²) in [7, 11) is -4.21. The lowest BCUT2D eigenvalue weighted by Gasteiger charge is -2.23. The highest BCUT2D eigenvalue weighted by molar-refractivity contribution is 7.89. The number of carbonyl (C=O) groups excluding carboxylic acids is 1. The summed E-state index contributed by atoms with van der Waals surface area (Å²) >= 11 is 0. The van der Waals surface area contributed by atoms with Crippen molar-refractivity contribution in [1.29, 1.82) is 0 Å². The molecule has 0 aliphatic carbocycles. The molecule has 0 unspecified atom stereocenters. The molecular formula is C11H18F3NO3S. The van der Waals surface area contributed by atoms with Gasteiger partial charge in [-0.2, -0.15) is 13.2 Å². The molecule has 0 saturated heterocycles. The molecule has 0 saturated carbocycles. The number of sulfonamides is 1. The van der Waals surface area contributed by atoms with Gasteiger partial charge < -0.3 is 0 Å². The van der Waals surface area contributed by atoms with Crippen molar-refractivity contribution in [2.75, 3.05) is 12.3 Å². The number of hydrogen-bond donors (Lipinski definition) is 0. The number of carbonyl (C=O) groups is 1. The first kappa shape index (κ1) is 17.9. The largest absolute Gasteiger partial charge is 0.407 e. The summed E-state index contributed by atoms with van der Waals surface area (Å²) in [5.74, 6) is -1.54. The fourth-order valence-electron chi connectivity index (χ4n) is 1.33. The molecule has 0 radical (unpaired) electrons. The minimum Gasteiger partial charge on any atom is -0.273 e. The normalized spacial score (nSPS) is 12.9. The van der Waals surface area contributed by atoms with Crippen LogP contribution in [0, 0.1) is 0 Å². The molecule has 0 spiro atoms. The summed E-state index contributed by atoms with van der Waals surface area (Å²) in [6, 6.07) is 0. The number of hydrogen-bond acceptors (Lipinski definition) is 3. The minimum absolute atomic E-state index is 0.0729. The summed E-state index contributed by atoms with van der Waals surface area (Å²) in [5, 5.41) is 0. The summed E-state index contributed by atoms with van der Waals surface area (Å²) < 4.78 is 60.3. The van der Waals surface area contributed by atoms with Crippen molar-refractivity contribution >= 4 is 15.9 Å². The number of amides is 1. The van der Waals surface area contributed by atoms with E-state index in [2.05, 4.69) is 0 Å². The Hall–Kier alpha value is -1.05. The molecule has 0 fully saturated rings. The van der Waals surface area contributed by atoms with Crippen molar-refractivity contribution in [3.8, 4) is 0 Å². The number of allylic oxidation sites excluding steroid dienone is 1. The molecule has 0 aromatic carbocycles. The maximum absolute atomic E-state index is 12.3. The van der Waals surface area contributed by atoms with Crippen LogP contribution in [0.1, 0.15) is 33.1 Å². The molecule has 0 rings (SSSR count). The molecule has 0 aromatic rings. The Bertz CT molecular complexity index is 415. The van der Waals surface area contributed by atoms with Gasteiger partial charge in [-0.3, -0.25) is 4.79 Å². The molecule has 112 valence electrons. The zero-order chi connectivity index (χ0) is 15.1. The van der Waals surface area contributed by atoms with Gasteiger partial charge in [0, 0.05) is 6.42 Å². The van der Waals surface area contributed by atoms with E-state index in [-0.39, 0.29) is 17.1 Å². The highest BCUT2D eigenvalue weighted by atomic mass is 32.2. The van der Waals surface area contributed by atoms with Gasteiger partial charge in [0.05, 0.1) is 5.75 Å². The molecule has 1 amide bonds. The van der Waals surface area contributed by atoms with Gasteiger partial charge in [-0.1, -0.05) is 26.0 Å². The maximum Gasteiger partial charge on any atom is 0.407 e. The maximum atomic E-state index is 12.3. The van der Waals surface area contributed by atoms with E-state index in [9.17, 15) is 26.4 Å². The van der Waals surface area contributed by atoms with Crippen molar-refractivity contribution < 1.29 is 26.4 Å². The molecule has 0 aromatic heterocycles. The molecule has 0 bridgehead atoms. The van der Waals surface area contributed by atoms with Crippen LogP contribution in [0.5, 0.6) is 0 Å². The van der Waals surface area contributed by atoms with E-state index in [1.807, 2.05) is 0 Å². The Morgan fingerprint density at radius 1 is 1.21 bits per heavy atom. The molecule has 0 N–H and O–H groups in total. The fourth-order valence-corrected chi connectivity index (χ4v) is 2.79. The topological polar surface area (TPSA) is 54.5 Å². The van der Waals surface area contributed by atoms with Crippen LogP contribution in [0.3, 0.4) is 0 Å². The predicted molar refractivity (Wildman–Crippen MR) is 65.9 cm³/mol. The van der Waals surface area contributed by atoms with E-state index in [1.54, 1.807) is 13.0 Å². The average Bonchev–Trinajstić information content (AvgIpc) is 2.24. The molecular weight excluding hydrogens is 283 g/mol. The van der Waals surface area contributed by atoms with E-state index >= 15 is 0 Å². The van der Waals surface area contributed by atoms with E-state index in [1.165, 1.54) is 13.0 Å². The van der Waals surface area contributed by atoms with Gasteiger partial charge in [-0.25, -0.2) is 12.7 Å². The fraction of sp³-hybridized carbons (Fsp3) is 0.727. The third-order valence-electron chi connectivity index (χ3n) is 2.09. The van der Waals surface area contributed by atoms with Crippen LogP contribution in [-0.4, -0.2) is 37.1 Å². The van der Waals surface area contributed by atoms with Gasteiger partial charge >= 0.3 is 6.18 Å². The van der Waals surface area contributed by atoms with Crippen molar-refractivity contribution in [2.24, 2.45) is 0 Å². The monoisotopic (exact) mass is 301 g/mol. The standard InChI is InChI=1S/C11H18F3NO3S/c1-3-5-6-7-10(16)15(9-11(12,13)14)19(17,18)8-4-2/h5-6H,3-4,7-9H2,1-2H3/b6-5+. The van der Waals surface area contributed by atoms with E-state index in [4.69, 9.17) is 0 Å². The zero-order valence-corrected chi connectivity index (χ0v) is 11.7. The van der Waals surface area contributed by atoms with Crippen LogP contribution in [0.4, 0.5) is 13.2 Å². The van der Waals surface area contributed by atoms with Crippen LogP contribution >= 0.6 is 0 Å². The van der Waals surface area contributed by atoms with E-state index in [0.717, 1.165) is 0 Å². The second kappa shape index (κ2) is 7.52. The molecule has 19 heavy (non-hydrogen) atoms. The lowest BCUT2D eigenvalue weighted by atomic mass is 10.3. The van der Waals surface area contributed by atoms with Gasteiger partial charge in [0.1, 0.15) is 6.54 Å². The second-order valence-corrected chi connectivity index (χ2v) is 5.93. The van der Waals surface area contributed by atoms with Gasteiger partial charge in [-0.05, 0) is 12.8 Å². The third kappa shape index (κ3) is 7.19. The molecule has 4 nitrogen and oxygen atoms in total.